The van der Waals surface area contributed by atoms with E-state index in [1.165, 1.54) is 0 Å². The van der Waals surface area contributed by atoms with Gasteiger partial charge in [0.1, 0.15) is 0 Å². The van der Waals surface area contributed by atoms with Crippen molar-refractivity contribution in [1.82, 2.24) is 9.80 Å². The molecule has 2 unspecified atom stereocenters. The molecule has 0 radical (unpaired) electrons. The molecule has 0 aromatic rings. The van der Waals surface area contributed by atoms with Gasteiger partial charge < -0.3 is 0 Å². The lowest BCUT2D eigenvalue weighted by Crippen LogP contribution is -2.63. The number of ketones is 1. The molecule has 2 bridgehead atoms. The first-order valence-corrected chi connectivity index (χ1v) is 6.22. The summed E-state index contributed by atoms with van der Waals surface area (Å²) in [4.78, 5) is 17.0. The Morgan fingerprint density at radius 1 is 1.33 bits per heavy atom. The molecule has 15 heavy (non-hydrogen) atoms. The third kappa shape index (κ3) is 2.23. The molecule has 0 aromatic carbocycles. The Hall–Kier alpha value is -0.410. The number of fused-ring (bicyclic) bond motifs is 3. The van der Waals surface area contributed by atoms with Crippen LogP contribution in [0.25, 0.3) is 0 Å². The second-order valence-corrected chi connectivity index (χ2v) is 4.94. The molecule has 3 aliphatic heterocycles. The number of carbonyl (C=O) groups is 1. The lowest BCUT2D eigenvalue weighted by Gasteiger charge is -2.47. The van der Waals surface area contributed by atoms with E-state index in [2.05, 4.69) is 23.6 Å². The summed E-state index contributed by atoms with van der Waals surface area (Å²) in [7, 11) is 0. The molecule has 3 aliphatic rings. The molecule has 3 rings (SSSR count). The maximum atomic E-state index is 12.2. The molecule has 3 nitrogen and oxygen atoms in total. The topological polar surface area (TPSA) is 23.6 Å². The predicted molar refractivity (Wildman–Crippen MR) is 60.9 cm³/mol. The fourth-order valence-electron chi connectivity index (χ4n) is 2.79. The van der Waals surface area contributed by atoms with Crippen molar-refractivity contribution in [3.8, 4) is 0 Å². The average Bonchev–Trinajstić information content (AvgIpc) is 2.30. The number of carbonyl (C=O) groups excluding carboxylic acids is 1. The fourth-order valence-corrected chi connectivity index (χ4v) is 2.79. The summed E-state index contributed by atoms with van der Waals surface area (Å²) in [6, 6.07) is 0.203. The van der Waals surface area contributed by atoms with Crippen molar-refractivity contribution in [2.45, 2.75) is 32.7 Å². The van der Waals surface area contributed by atoms with E-state index < -0.39 is 0 Å². The molecule has 0 spiro atoms. The summed E-state index contributed by atoms with van der Waals surface area (Å²) in [6.07, 6.45) is 2.16. The van der Waals surface area contributed by atoms with Gasteiger partial charge >= 0.3 is 0 Å². The molecule has 0 aliphatic carbocycles. The Bertz CT molecular complexity index is 234. The van der Waals surface area contributed by atoms with Crippen LogP contribution in [-0.2, 0) is 4.79 Å². The first-order valence-electron chi connectivity index (χ1n) is 6.22. The monoisotopic (exact) mass is 210 g/mol. The minimum atomic E-state index is 0.203. The third-order valence-corrected chi connectivity index (χ3v) is 3.81. The zero-order valence-electron chi connectivity index (χ0n) is 9.91. The van der Waals surface area contributed by atoms with E-state index >= 15 is 0 Å². The largest absolute Gasteiger partial charge is 0.299 e. The van der Waals surface area contributed by atoms with Gasteiger partial charge in [-0.3, -0.25) is 14.6 Å². The highest BCUT2D eigenvalue weighted by Crippen LogP contribution is 2.20. The Morgan fingerprint density at radius 2 is 2.00 bits per heavy atom. The minimum Gasteiger partial charge on any atom is -0.299 e. The number of nitrogens with zero attached hydrogens (tertiary/aromatic N) is 2. The van der Waals surface area contributed by atoms with E-state index in [4.69, 9.17) is 0 Å². The second-order valence-electron chi connectivity index (χ2n) is 4.94. The van der Waals surface area contributed by atoms with Crippen molar-refractivity contribution < 1.29 is 4.79 Å². The van der Waals surface area contributed by atoms with Crippen LogP contribution in [0.4, 0.5) is 0 Å². The van der Waals surface area contributed by atoms with Crippen molar-refractivity contribution in [2.24, 2.45) is 5.92 Å². The van der Waals surface area contributed by atoms with Crippen LogP contribution < -0.4 is 0 Å². The van der Waals surface area contributed by atoms with Crippen molar-refractivity contribution in [3.63, 3.8) is 0 Å². The lowest BCUT2D eigenvalue weighted by molar-refractivity contribution is -0.133. The number of Topliss-reactive ketones (excluding diaryl/α,β-unsaturated/α-hetero) is 1. The van der Waals surface area contributed by atoms with Crippen LogP contribution in [-0.4, -0.2) is 54.3 Å². The van der Waals surface area contributed by atoms with Gasteiger partial charge in [-0.15, -0.1) is 0 Å². The van der Waals surface area contributed by atoms with Crippen molar-refractivity contribution in [1.29, 1.82) is 0 Å². The molecule has 3 saturated heterocycles. The Balaban J connectivity index is 1.95. The highest BCUT2D eigenvalue weighted by atomic mass is 16.1. The molecular formula is C12H22N2O. The zero-order valence-corrected chi connectivity index (χ0v) is 9.91. The fraction of sp³-hybridized carbons (Fsp3) is 0.917. The van der Waals surface area contributed by atoms with E-state index in [0.29, 0.717) is 5.78 Å². The number of hydrogen-bond acceptors (Lipinski definition) is 3. The summed E-state index contributed by atoms with van der Waals surface area (Å²) in [5.74, 6) is 0.724. The van der Waals surface area contributed by atoms with Crippen molar-refractivity contribution in [3.05, 3.63) is 0 Å². The quantitative estimate of drug-likeness (QED) is 0.691. The Morgan fingerprint density at radius 3 is 2.47 bits per heavy atom. The SMILES string of the molecule is CCCC(C)C(=O)C1CN2CCN1CC2. The van der Waals surface area contributed by atoms with Gasteiger partial charge in [0.15, 0.2) is 5.78 Å². The highest BCUT2D eigenvalue weighted by molar-refractivity contribution is 5.86. The average molecular weight is 210 g/mol. The van der Waals surface area contributed by atoms with Gasteiger partial charge in [0.2, 0.25) is 0 Å². The molecule has 0 N–H and O–H groups in total. The highest BCUT2D eigenvalue weighted by Gasteiger charge is 2.37. The van der Waals surface area contributed by atoms with Crippen LogP contribution in [0.5, 0.6) is 0 Å². The van der Waals surface area contributed by atoms with E-state index in [0.717, 1.165) is 45.6 Å². The van der Waals surface area contributed by atoms with Gasteiger partial charge in [0.05, 0.1) is 6.04 Å². The molecule has 3 fully saturated rings. The van der Waals surface area contributed by atoms with Gasteiger partial charge in [0, 0.05) is 38.6 Å². The van der Waals surface area contributed by atoms with E-state index in [-0.39, 0.29) is 12.0 Å². The third-order valence-electron chi connectivity index (χ3n) is 3.81. The smallest absolute Gasteiger partial charge is 0.154 e. The van der Waals surface area contributed by atoms with Crippen LogP contribution in [0.3, 0.4) is 0 Å². The van der Waals surface area contributed by atoms with Crippen LogP contribution in [0.15, 0.2) is 0 Å². The van der Waals surface area contributed by atoms with Crippen molar-refractivity contribution >= 4 is 5.78 Å². The van der Waals surface area contributed by atoms with E-state index in [1.54, 1.807) is 0 Å². The number of hydrogen-bond donors (Lipinski definition) is 0. The predicted octanol–water partition coefficient (Wildman–Crippen LogP) is 0.991. The zero-order chi connectivity index (χ0) is 10.8. The first-order chi connectivity index (χ1) is 7.22. The summed E-state index contributed by atoms with van der Waals surface area (Å²) in [5.41, 5.74) is 0. The van der Waals surface area contributed by atoms with E-state index in [1.807, 2.05) is 0 Å². The van der Waals surface area contributed by atoms with Crippen LogP contribution >= 0.6 is 0 Å². The van der Waals surface area contributed by atoms with Crippen molar-refractivity contribution in [2.75, 3.05) is 32.7 Å². The standard InChI is InChI=1S/C12H22N2O/c1-3-4-10(2)12(15)11-9-13-5-7-14(11)8-6-13/h10-11H,3-9H2,1-2H3. The van der Waals surface area contributed by atoms with E-state index in [9.17, 15) is 4.79 Å². The molecular weight excluding hydrogens is 188 g/mol. The molecule has 0 amide bonds. The van der Waals surface area contributed by atoms with Crippen LogP contribution in [0, 0.1) is 5.92 Å². The summed E-state index contributed by atoms with van der Waals surface area (Å²) < 4.78 is 0. The van der Waals surface area contributed by atoms with Gasteiger partial charge in [-0.1, -0.05) is 20.3 Å². The summed E-state index contributed by atoms with van der Waals surface area (Å²) in [6.45, 7) is 9.72. The Kier molecular flexibility index (Phi) is 3.42. The lowest BCUT2D eigenvalue weighted by atomic mass is 9.92. The van der Waals surface area contributed by atoms with Crippen LogP contribution in [0.2, 0.25) is 0 Å². The van der Waals surface area contributed by atoms with Gasteiger partial charge in [-0.25, -0.2) is 0 Å². The molecule has 86 valence electrons. The van der Waals surface area contributed by atoms with Crippen LogP contribution in [0.1, 0.15) is 26.7 Å². The van der Waals surface area contributed by atoms with Gasteiger partial charge in [0.25, 0.3) is 0 Å². The molecule has 3 heterocycles. The molecule has 2 atom stereocenters. The van der Waals surface area contributed by atoms with Gasteiger partial charge in [-0.05, 0) is 6.42 Å². The van der Waals surface area contributed by atoms with Gasteiger partial charge in [-0.2, -0.15) is 0 Å². The first kappa shape index (κ1) is 11.1. The summed E-state index contributed by atoms with van der Waals surface area (Å²) >= 11 is 0. The normalized spacial score (nSPS) is 36.5. The molecule has 0 saturated carbocycles. The summed E-state index contributed by atoms with van der Waals surface area (Å²) in [5, 5.41) is 0. The Labute approximate surface area is 92.4 Å². The maximum Gasteiger partial charge on any atom is 0.154 e. The maximum absolute atomic E-state index is 12.2. The second kappa shape index (κ2) is 4.62. The number of piperazine rings is 3. The minimum absolute atomic E-state index is 0.203. The molecule has 3 heteroatoms. The molecule has 0 aromatic heterocycles. The number of rotatable bonds is 4.